The van der Waals surface area contributed by atoms with Crippen molar-refractivity contribution in [3.8, 4) is 0 Å². The molecule has 0 atom stereocenters. The third-order valence-corrected chi connectivity index (χ3v) is 2.76. The van der Waals surface area contributed by atoms with Crippen LogP contribution in [0.15, 0.2) is 18.2 Å². The molecule has 0 aliphatic carbocycles. The highest BCUT2D eigenvalue weighted by atomic mass is 16.3. The van der Waals surface area contributed by atoms with Crippen molar-refractivity contribution in [2.24, 2.45) is 0 Å². The van der Waals surface area contributed by atoms with Crippen molar-refractivity contribution in [2.75, 3.05) is 19.7 Å². The van der Waals surface area contributed by atoms with Gasteiger partial charge < -0.3 is 5.11 Å². The largest absolute Gasteiger partial charge is 0.395 e. The average molecular weight is 207 g/mol. The molecule has 0 amide bonds. The van der Waals surface area contributed by atoms with Gasteiger partial charge in [-0.25, -0.2) is 0 Å². The van der Waals surface area contributed by atoms with Gasteiger partial charge in [0.05, 0.1) is 6.61 Å². The minimum atomic E-state index is 0.235. The molecule has 84 valence electrons. The number of hydrogen-bond donors (Lipinski definition) is 1. The first-order valence-corrected chi connectivity index (χ1v) is 5.56. The number of rotatable bonds is 5. The van der Waals surface area contributed by atoms with Crippen LogP contribution in [0.2, 0.25) is 0 Å². The van der Waals surface area contributed by atoms with Gasteiger partial charge in [-0.05, 0) is 31.5 Å². The van der Waals surface area contributed by atoms with E-state index >= 15 is 0 Å². The highest BCUT2D eigenvalue weighted by molar-refractivity contribution is 5.30. The van der Waals surface area contributed by atoms with Gasteiger partial charge in [0.15, 0.2) is 0 Å². The van der Waals surface area contributed by atoms with Crippen LogP contribution in [-0.2, 0) is 6.54 Å². The summed E-state index contributed by atoms with van der Waals surface area (Å²) in [7, 11) is 0. The van der Waals surface area contributed by atoms with E-state index in [2.05, 4.69) is 43.9 Å². The number of hydrogen-bond acceptors (Lipinski definition) is 2. The number of aryl methyl sites for hydroxylation is 2. The first-order valence-electron chi connectivity index (χ1n) is 5.56. The van der Waals surface area contributed by atoms with Crippen LogP contribution in [0.5, 0.6) is 0 Å². The maximum Gasteiger partial charge on any atom is 0.0558 e. The molecule has 1 N–H and O–H groups in total. The molecule has 0 radical (unpaired) electrons. The van der Waals surface area contributed by atoms with Crippen LogP contribution >= 0.6 is 0 Å². The minimum absolute atomic E-state index is 0.235. The van der Waals surface area contributed by atoms with Crippen molar-refractivity contribution < 1.29 is 5.11 Å². The molecule has 0 aliphatic heterocycles. The second-order valence-corrected chi connectivity index (χ2v) is 4.02. The predicted molar refractivity (Wildman–Crippen MR) is 64.0 cm³/mol. The number of nitrogens with zero attached hydrogens (tertiary/aromatic N) is 1. The Kier molecular flexibility index (Phi) is 4.79. The zero-order chi connectivity index (χ0) is 11.3. The van der Waals surface area contributed by atoms with E-state index in [4.69, 9.17) is 5.11 Å². The predicted octanol–water partition coefficient (Wildman–Crippen LogP) is 2.12. The smallest absolute Gasteiger partial charge is 0.0558 e. The Hall–Kier alpha value is -0.860. The van der Waals surface area contributed by atoms with Crippen LogP contribution in [0.1, 0.15) is 23.6 Å². The van der Waals surface area contributed by atoms with E-state index in [1.54, 1.807) is 0 Å². The topological polar surface area (TPSA) is 23.5 Å². The normalized spacial score (nSPS) is 11.0. The minimum Gasteiger partial charge on any atom is -0.395 e. The molecule has 0 unspecified atom stereocenters. The molecule has 0 fully saturated rings. The van der Waals surface area contributed by atoms with Gasteiger partial charge in [0, 0.05) is 13.1 Å². The van der Waals surface area contributed by atoms with Crippen molar-refractivity contribution in [1.82, 2.24) is 4.90 Å². The van der Waals surface area contributed by atoms with E-state index in [0.29, 0.717) is 0 Å². The van der Waals surface area contributed by atoms with Crippen LogP contribution in [0.4, 0.5) is 0 Å². The van der Waals surface area contributed by atoms with Gasteiger partial charge >= 0.3 is 0 Å². The maximum atomic E-state index is 8.92. The zero-order valence-corrected chi connectivity index (χ0v) is 9.95. The fourth-order valence-electron chi connectivity index (χ4n) is 1.75. The first-order chi connectivity index (χ1) is 7.17. The summed E-state index contributed by atoms with van der Waals surface area (Å²) in [6.45, 7) is 9.29. The molecule has 0 bridgehead atoms. The Balaban J connectivity index is 2.70. The summed E-state index contributed by atoms with van der Waals surface area (Å²) in [5, 5.41) is 8.92. The molecule has 1 aromatic rings. The lowest BCUT2D eigenvalue weighted by molar-refractivity contribution is 0.196. The summed E-state index contributed by atoms with van der Waals surface area (Å²) in [6, 6.07) is 6.54. The average Bonchev–Trinajstić information content (AvgIpc) is 2.21. The Morgan fingerprint density at radius 2 is 2.00 bits per heavy atom. The van der Waals surface area contributed by atoms with Gasteiger partial charge in [-0.3, -0.25) is 4.90 Å². The Morgan fingerprint density at radius 3 is 2.53 bits per heavy atom. The fraction of sp³-hybridized carbons (Fsp3) is 0.538. The standard InChI is InChI=1S/C13H21NO/c1-4-14(7-8-15)10-13-6-5-11(2)9-12(13)3/h5-6,9,15H,4,7-8,10H2,1-3H3. The van der Waals surface area contributed by atoms with E-state index < -0.39 is 0 Å². The summed E-state index contributed by atoms with van der Waals surface area (Å²) >= 11 is 0. The highest BCUT2D eigenvalue weighted by Gasteiger charge is 2.04. The van der Waals surface area contributed by atoms with Crippen molar-refractivity contribution >= 4 is 0 Å². The zero-order valence-electron chi connectivity index (χ0n) is 9.95. The Bertz CT molecular complexity index is 309. The Morgan fingerprint density at radius 1 is 1.27 bits per heavy atom. The molecule has 0 spiro atoms. The quantitative estimate of drug-likeness (QED) is 0.799. The molecule has 15 heavy (non-hydrogen) atoms. The summed E-state index contributed by atoms with van der Waals surface area (Å²) in [5.74, 6) is 0. The van der Waals surface area contributed by atoms with Crippen molar-refractivity contribution in [1.29, 1.82) is 0 Å². The molecular weight excluding hydrogens is 186 g/mol. The monoisotopic (exact) mass is 207 g/mol. The SMILES string of the molecule is CCN(CCO)Cc1ccc(C)cc1C. The van der Waals surface area contributed by atoms with E-state index in [1.165, 1.54) is 16.7 Å². The number of aliphatic hydroxyl groups excluding tert-OH is 1. The molecule has 0 saturated heterocycles. The molecule has 1 rings (SSSR count). The van der Waals surface area contributed by atoms with Crippen LogP contribution in [-0.4, -0.2) is 29.7 Å². The van der Waals surface area contributed by atoms with Crippen LogP contribution in [0.25, 0.3) is 0 Å². The summed E-state index contributed by atoms with van der Waals surface area (Å²) in [6.07, 6.45) is 0. The van der Waals surface area contributed by atoms with E-state index in [-0.39, 0.29) is 6.61 Å². The summed E-state index contributed by atoms with van der Waals surface area (Å²) in [4.78, 5) is 2.25. The molecule has 1 aromatic carbocycles. The van der Waals surface area contributed by atoms with Crippen molar-refractivity contribution in [3.63, 3.8) is 0 Å². The summed E-state index contributed by atoms with van der Waals surface area (Å²) < 4.78 is 0. The third kappa shape index (κ3) is 3.65. The van der Waals surface area contributed by atoms with Gasteiger partial charge in [-0.2, -0.15) is 0 Å². The first kappa shape index (κ1) is 12.2. The lowest BCUT2D eigenvalue weighted by Gasteiger charge is -2.20. The lowest BCUT2D eigenvalue weighted by atomic mass is 10.1. The third-order valence-electron chi connectivity index (χ3n) is 2.76. The molecule has 0 saturated carbocycles. The van der Waals surface area contributed by atoms with E-state index in [1.807, 2.05) is 0 Å². The van der Waals surface area contributed by atoms with Gasteiger partial charge in [0.2, 0.25) is 0 Å². The molecular formula is C13H21NO. The lowest BCUT2D eigenvalue weighted by Crippen LogP contribution is -2.26. The van der Waals surface area contributed by atoms with Crippen LogP contribution in [0.3, 0.4) is 0 Å². The highest BCUT2D eigenvalue weighted by Crippen LogP contribution is 2.12. The van der Waals surface area contributed by atoms with Gasteiger partial charge in [0.25, 0.3) is 0 Å². The van der Waals surface area contributed by atoms with Crippen LogP contribution in [0, 0.1) is 13.8 Å². The number of benzene rings is 1. The second kappa shape index (κ2) is 5.89. The fourth-order valence-corrected chi connectivity index (χ4v) is 1.75. The number of aliphatic hydroxyl groups is 1. The van der Waals surface area contributed by atoms with Crippen molar-refractivity contribution in [2.45, 2.75) is 27.3 Å². The molecule has 0 aliphatic rings. The van der Waals surface area contributed by atoms with Crippen molar-refractivity contribution in [3.05, 3.63) is 34.9 Å². The maximum absolute atomic E-state index is 8.92. The number of likely N-dealkylation sites (N-methyl/N-ethyl adjacent to an activating group) is 1. The molecule has 2 heteroatoms. The van der Waals surface area contributed by atoms with E-state index in [9.17, 15) is 0 Å². The molecule has 2 nitrogen and oxygen atoms in total. The van der Waals surface area contributed by atoms with Gasteiger partial charge in [0.1, 0.15) is 0 Å². The van der Waals surface area contributed by atoms with Gasteiger partial charge in [-0.1, -0.05) is 30.7 Å². The summed E-state index contributed by atoms with van der Waals surface area (Å²) in [5.41, 5.74) is 4.00. The second-order valence-electron chi connectivity index (χ2n) is 4.02. The Labute approximate surface area is 92.5 Å². The van der Waals surface area contributed by atoms with Gasteiger partial charge in [-0.15, -0.1) is 0 Å². The molecule has 0 heterocycles. The molecule has 0 aromatic heterocycles. The van der Waals surface area contributed by atoms with Crippen LogP contribution < -0.4 is 0 Å². The van der Waals surface area contributed by atoms with E-state index in [0.717, 1.165) is 19.6 Å².